The Kier molecular flexibility index (Phi) is 8.61. The molecule has 0 bridgehead atoms. The molecule has 0 atom stereocenters. The number of fused-ring (bicyclic) bond motifs is 3. The van der Waals surface area contributed by atoms with E-state index in [1.807, 2.05) is 18.3 Å². The van der Waals surface area contributed by atoms with Gasteiger partial charge >= 0.3 is 0 Å². The summed E-state index contributed by atoms with van der Waals surface area (Å²) in [5.41, 5.74) is 9.12. The summed E-state index contributed by atoms with van der Waals surface area (Å²) in [6.07, 6.45) is 6.05. The number of hydrogen-bond acceptors (Lipinski definition) is 7. The number of anilines is 1. The predicted molar refractivity (Wildman–Crippen MR) is 227 cm³/mol. The van der Waals surface area contributed by atoms with Crippen LogP contribution in [0.25, 0.3) is 61.8 Å². The molecule has 8 aromatic rings. The normalized spacial score (nSPS) is 13.0. The highest BCUT2D eigenvalue weighted by Crippen LogP contribution is 2.42. The maximum Gasteiger partial charge on any atom is 0.167 e. The van der Waals surface area contributed by atoms with Crippen molar-refractivity contribution in [1.29, 1.82) is 0 Å². The lowest BCUT2D eigenvalue weighted by molar-refractivity contribution is 0.482. The number of rotatable bonds is 7. The van der Waals surface area contributed by atoms with Gasteiger partial charge in [-0.1, -0.05) is 105 Å². The number of benzene rings is 5. The molecule has 56 heavy (non-hydrogen) atoms. The van der Waals surface area contributed by atoms with Crippen LogP contribution in [0.3, 0.4) is 0 Å². The van der Waals surface area contributed by atoms with Gasteiger partial charge in [-0.25, -0.2) is 19.9 Å². The Hall–Kier alpha value is -6.80. The van der Waals surface area contributed by atoms with Crippen LogP contribution in [0, 0.1) is 13.8 Å². The van der Waals surface area contributed by atoms with E-state index in [1.54, 1.807) is 0 Å². The second-order valence-corrected chi connectivity index (χ2v) is 15.7. The molecule has 4 heterocycles. The second-order valence-electron chi connectivity index (χ2n) is 15.7. The average Bonchev–Trinajstić information content (AvgIpc) is 3.78. The van der Waals surface area contributed by atoms with Crippen molar-refractivity contribution in [2.45, 2.75) is 40.0 Å². The lowest BCUT2D eigenvalue weighted by atomic mass is 9.88. The van der Waals surface area contributed by atoms with Gasteiger partial charge in [-0.3, -0.25) is 4.57 Å². The molecule has 8 heteroatoms. The number of para-hydroxylation sites is 1. The third kappa shape index (κ3) is 6.64. The summed E-state index contributed by atoms with van der Waals surface area (Å²) in [7, 11) is 2.06. The van der Waals surface area contributed by atoms with Crippen LogP contribution in [-0.4, -0.2) is 43.1 Å². The minimum absolute atomic E-state index is 0.0504. The summed E-state index contributed by atoms with van der Waals surface area (Å²) in [4.78, 5) is 24.7. The van der Waals surface area contributed by atoms with Crippen molar-refractivity contribution < 1.29 is 4.74 Å². The summed E-state index contributed by atoms with van der Waals surface area (Å²) in [6.45, 7) is 11.6. The fourth-order valence-electron chi connectivity index (χ4n) is 7.22. The zero-order chi connectivity index (χ0) is 38.6. The van der Waals surface area contributed by atoms with Crippen molar-refractivity contribution in [3.05, 3.63) is 157 Å². The molecule has 5 aromatic carbocycles. The number of ether oxygens (including phenoxy) is 1. The van der Waals surface area contributed by atoms with E-state index < -0.39 is 0 Å². The zero-order valence-corrected chi connectivity index (χ0v) is 32.5. The third-order valence-electron chi connectivity index (χ3n) is 10.4. The highest BCUT2D eigenvalue weighted by molar-refractivity contribution is 6.11. The third-order valence-corrected chi connectivity index (χ3v) is 10.4. The number of hydrogen-bond donors (Lipinski definition) is 0. The van der Waals surface area contributed by atoms with Gasteiger partial charge < -0.3 is 14.5 Å². The Labute approximate surface area is 327 Å². The van der Waals surface area contributed by atoms with Crippen LogP contribution in [0.4, 0.5) is 5.69 Å². The van der Waals surface area contributed by atoms with Crippen molar-refractivity contribution in [2.75, 3.05) is 18.6 Å². The molecule has 8 nitrogen and oxygen atoms in total. The first-order chi connectivity index (χ1) is 27.1. The van der Waals surface area contributed by atoms with Crippen molar-refractivity contribution in [3.63, 3.8) is 0 Å². The van der Waals surface area contributed by atoms with E-state index in [0.717, 1.165) is 56.7 Å². The Bertz CT molecular complexity index is 2710. The smallest absolute Gasteiger partial charge is 0.167 e. The lowest BCUT2D eigenvalue weighted by Gasteiger charge is -2.20. The molecule has 276 valence electrons. The van der Waals surface area contributed by atoms with Crippen molar-refractivity contribution in [3.8, 4) is 51.5 Å². The summed E-state index contributed by atoms with van der Waals surface area (Å²) in [5, 5.41) is 2.14. The maximum absolute atomic E-state index is 6.99. The number of aryl methyl sites for hydroxylation is 2. The molecule has 0 N–H and O–H groups in total. The summed E-state index contributed by atoms with van der Waals surface area (Å²) in [6, 6.07) is 41.9. The first-order valence-electron chi connectivity index (χ1n) is 19.0. The van der Waals surface area contributed by atoms with Crippen molar-refractivity contribution >= 4 is 27.5 Å². The first kappa shape index (κ1) is 34.9. The van der Waals surface area contributed by atoms with Crippen LogP contribution in [0.2, 0.25) is 0 Å². The van der Waals surface area contributed by atoms with Crippen LogP contribution < -0.4 is 9.64 Å². The maximum atomic E-state index is 6.99. The SMILES string of the molecule is Cc1ccc(-c2nc(-c3ccc(C)cc3)nc(-c3cc4c5ccccc5n(-c5cc(C(C)(C)C)ccn5)c4cc3Oc3cccc(N4C=CN(C)C4)c3)n2)cc1. The molecule has 0 aliphatic carbocycles. The van der Waals surface area contributed by atoms with E-state index >= 15 is 0 Å². The zero-order valence-electron chi connectivity index (χ0n) is 32.5. The molecule has 1 aliphatic heterocycles. The van der Waals surface area contributed by atoms with Gasteiger partial charge in [-0.2, -0.15) is 0 Å². The average molecular weight is 734 g/mol. The van der Waals surface area contributed by atoms with Gasteiger partial charge in [0.25, 0.3) is 0 Å². The largest absolute Gasteiger partial charge is 0.456 e. The Balaban J connectivity index is 1.30. The minimum Gasteiger partial charge on any atom is -0.456 e. The Morgan fingerprint density at radius 3 is 1.96 bits per heavy atom. The van der Waals surface area contributed by atoms with Crippen molar-refractivity contribution in [2.24, 2.45) is 0 Å². The van der Waals surface area contributed by atoms with Gasteiger partial charge in [-0.15, -0.1) is 0 Å². The monoisotopic (exact) mass is 733 g/mol. The van der Waals surface area contributed by atoms with Gasteiger partial charge in [0.05, 0.1) is 23.3 Å². The van der Waals surface area contributed by atoms with E-state index in [2.05, 4.69) is 178 Å². The van der Waals surface area contributed by atoms with Gasteiger partial charge in [0, 0.05) is 65.4 Å². The Morgan fingerprint density at radius 1 is 0.625 bits per heavy atom. The highest BCUT2D eigenvalue weighted by Gasteiger charge is 2.23. The lowest BCUT2D eigenvalue weighted by Crippen LogP contribution is -2.21. The van der Waals surface area contributed by atoms with Crippen LogP contribution in [-0.2, 0) is 5.41 Å². The summed E-state index contributed by atoms with van der Waals surface area (Å²) >= 11 is 0. The standard InChI is InChI=1S/C48H43N7O/c1-31-14-18-33(19-15-31)45-50-46(34-20-16-32(2)17-21-34)52-47(51-45)40-28-39-38-12-7-8-13-41(38)55(44-26-35(22-23-49-44)48(3,4)5)42(39)29-43(40)56-37-11-9-10-36(27-37)54-25-24-53(6)30-54/h7-29H,30H2,1-6H3. The summed E-state index contributed by atoms with van der Waals surface area (Å²) in [5.74, 6) is 3.87. The molecule has 3 aromatic heterocycles. The topological polar surface area (TPSA) is 72.2 Å². The molecule has 0 saturated heterocycles. The van der Waals surface area contributed by atoms with Gasteiger partial charge in [0.15, 0.2) is 17.5 Å². The first-order valence-corrected chi connectivity index (χ1v) is 19.0. The summed E-state index contributed by atoms with van der Waals surface area (Å²) < 4.78 is 9.22. The van der Waals surface area contributed by atoms with Crippen LogP contribution in [0.5, 0.6) is 11.5 Å². The number of nitrogens with zero attached hydrogens (tertiary/aromatic N) is 7. The minimum atomic E-state index is -0.0504. The fourth-order valence-corrected chi connectivity index (χ4v) is 7.22. The number of pyridine rings is 1. The number of aromatic nitrogens is 5. The molecular weight excluding hydrogens is 691 g/mol. The second kappa shape index (κ2) is 13.8. The van der Waals surface area contributed by atoms with Gasteiger partial charge in [-0.05, 0) is 61.2 Å². The predicted octanol–water partition coefficient (Wildman–Crippen LogP) is 11.3. The quantitative estimate of drug-likeness (QED) is 0.161. The highest BCUT2D eigenvalue weighted by atomic mass is 16.5. The Morgan fingerprint density at radius 2 is 1.30 bits per heavy atom. The van der Waals surface area contributed by atoms with Gasteiger partial charge in [0.1, 0.15) is 17.3 Å². The molecule has 0 radical (unpaired) electrons. The van der Waals surface area contributed by atoms with Crippen molar-refractivity contribution in [1.82, 2.24) is 29.4 Å². The molecule has 0 spiro atoms. The van der Waals surface area contributed by atoms with Crippen LogP contribution in [0.1, 0.15) is 37.5 Å². The van der Waals surface area contributed by atoms with E-state index in [0.29, 0.717) is 29.0 Å². The van der Waals surface area contributed by atoms with Gasteiger partial charge in [0.2, 0.25) is 0 Å². The van der Waals surface area contributed by atoms with E-state index in [9.17, 15) is 0 Å². The van der Waals surface area contributed by atoms with E-state index in [1.165, 1.54) is 16.7 Å². The molecular formula is C48H43N7O. The molecule has 0 fully saturated rings. The molecule has 0 unspecified atom stereocenters. The molecule has 0 saturated carbocycles. The molecule has 9 rings (SSSR count). The molecule has 1 aliphatic rings. The van der Waals surface area contributed by atoms with Crippen LogP contribution in [0.15, 0.2) is 140 Å². The fraction of sp³-hybridized carbons (Fsp3) is 0.167. The van der Waals surface area contributed by atoms with E-state index in [4.69, 9.17) is 24.7 Å². The van der Waals surface area contributed by atoms with E-state index in [-0.39, 0.29) is 5.41 Å². The molecule has 0 amide bonds. The van der Waals surface area contributed by atoms with Crippen LogP contribution >= 0.6 is 0 Å².